The minimum Gasteiger partial charge on any atom is -0.309 e. The van der Waals surface area contributed by atoms with E-state index in [2.05, 4.69) is 108 Å². The lowest BCUT2D eigenvalue weighted by molar-refractivity contribution is 1.18. The molecule has 5 aromatic carbocycles. The zero-order valence-corrected chi connectivity index (χ0v) is 18.9. The molecule has 0 aliphatic rings. The van der Waals surface area contributed by atoms with Crippen LogP contribution < -0.4 is 0 Å². The highest BCUT2D eigenvalue weighted by Crippen LogP contribution is 2.38. The van der Waals surface area contributed by atoms with Gasteiger partial charge in [0, 0.05) is 16.3 Å². The molecule has 0 spiro atoms. The summed E-state index contributed by atoms with van der Waals surface area (Å²) >= 11 is 0. The summed E-state index contributed by atoms with van der Waals surface area (Å²) in [5, 5.41) is 12.1. The lowest BCUT2D eigenvalue weighted by Crippen LogP contribution is -1.98. The summed E-state index contributed by atoms with van der Waals surface area (Å²) in [6.45, 7) is 1.98. The van der Waals surface area contributed by atoms with Crippen molar-refractivity contribution in [2.75, 3.05) is 0 Å². The van der Waals surface area contributed by atoms with Crippen LogP contribution >= 0.6 is 0 Å². The van der Waals surface area contributed by atoms with Crippen molar-refractivity contribution < 1.29 is 0 Å². The molecular weight excluding hydrogens is 412 g/mol. The molecule has 0 unspecified atom stereocenters. The highest BCUT2D eigenvalue weighted by molar-refractivity contribution is 6.09. The summed E-state index contributed by atoms with van der Waals surface area (Å²) in [5.74, 6) is 0. The number of hydrogen-bond donors (Lipinski definition) is 0. The fraction of sp³-hybridized carbons (Fsp3) is 0.0312. The smallest absolute Gasteiger partial charge is 0.0994 e. The highest BCUT2D eigenvalue weighted by atomic mass is 15.0. The second kappa shape index (κ2) is 8.06. The molecule has 0 saturated heterocycles. The molecule has 0 bridgehead atoms. The molecule has 2 heteroatoms. The molecule has 0 radical (unpaired) electrons. The van der Waals surface area contributed by atoms with E-state index >= 15 is 0 Å². The van der Waals surface area contributed by atoms with E-state index in [1.54, 1.807) is 0 Å². The monoisotopic (exact) mass is 434 g/mol. The van der Waals surface area contributed by atoms with Gasteiger partial charge >= 0.3 is 0 Å². The molecule has 0 saturated carbocycles. The summed E-state index contributed by atoms with van der Waals surface area (Å²) < 4.78 is 2.36. The maximum Gasteiger partial charge on any atom is 0.0994 e. The number of aryl methyl sites for hydroxylation is 1. The van der Waals surface area contributed by atoms with Crippen molar-refractivity contribution in [3.05, 3.63) is 126 Å². The van der Waals surface area contributed by atoms with Crippen LogP contribution in [0, 0.1) is 18.3 Å². The minimum absolute atomic E-state index is 0.706. The zero-order valence-electron chi connectivity index (χ0n) is 18.9. The third-order valence-corrected chi connectivity index (χ3v) is 6.59. The number of nitrogens with zero attached hydrogens (tertiary/aromatic N) is 2. The molecule has 1 heterocycles. The molecule has 0 aliphatic heterocycles. The first kappa shape index (κ1) is 20.0. The maximum absolute atomic E-state index is 9.66. The number of para-hydroxylation sites is 2. The molecule has 0 aliphatic carbocycles. The van der Waals surface area contributed by atoms with Crippen LogP contribution in [-0.2, 0) is 0 Å². The van der Waals surface area contributed by atoms with E-state index in [0.717, 1.165) is 27.9 Å². The Hall–Kier alpha value is -4.61. The number of hydrogen-bond acceptors (Lipinski definition) is 1. The van der Waals surface area contributed by atoms with Gasteiger partial charge in [-0.05, 0) is 53.4 Å². The molecule has 0 N–H and O–H groups in total. The van der Waals surface area contributed by atoms with Gasteiger partial charge in [-0.15, -0.1) is 0 Å². The first-order valence-corrected chi connectivity index (χ1v) is 11.4. The van der Waals surface area contributed by atoms with Crippen LogP contribution in [0.1, 0.15) is 11.1 Å². The average Bonchev–Trinajstić information content (AvgIpc) is 3.24. The molecular formula is C32H22N2. The SMILES string of the molecule is Cc1ccc(-c2ccc(-c3ccccc3)cc2-n2c3ccccc3c3ccccc32)cc1C#N. The van der Waals surface area contributed by atoms with Gasteiger partial charge in [0.2, 0.25) is 0 Å². The molecule has 0 fully saturated rings. The van der Waals surface area contributed by atoms with Gasteiger partial charge in [0.1, 0.15) is 0 Å². The number of benzene rings is 5. The van der Waals surface area contributed by atoms with Crippen LogP contribution in [0.4, 0.5) is 0 Å². The van der Waals surface area contributed by atoms with Crippen LogP contribution in [0.15, 0.2) is 115 Å². The van der Waals surface area contributed by atoms with Crippen molar-refractivity contribution in [3.8, 4) is 34.0 Å². The van der Waals surface area contributed by atoms with E-state index in [1.807, 2.05) is 25.1 Å². The Kier molecular flexibility index (Phi) is 4.75. The predicted octanol–water partition coefficient (Wildman–Crippen LogP) is 8.30. The Balaban J connectivity index is 1.72. The Morgan fingerprint density at radius 1 is 0.588 bits per heavy atom. The Morgan fingerprint density at radius 3 is 1.88 bits per heavy atom. The number of aromatic nitrogens is 1. The largest absolute Gasteiger partial charge is 0.309 e. The summed E-state index contributed by atoms with van der Waals surface area (Å²) in [6.07, 6.45) is 0. The summed E-state index contributed by atoms with van der Waals surface area (Å²) in [6, 6.07) is 42.7. The van der Waals surface area contributed by atoms with E-state index in [-0.39, 0.29) is 0 Å². The molecule has 0 atom stereocenters. The summed E-state index contributed by atoms with van der Waals surface area (Å²) in [4.78, 5) is 0. The highest BCUT2D eigenvalue weighted by Gasteiger charge is 2.17. The van der Waals surface area contributed by atoms with Crippen LogP contribution in [0.3, 0.4) is 0 Å². The van der Waals surface area contributed by atoms with Gasteiger partial charge in [0.05, 0.1) is 28.4 Å². The Morgan fingerprint density at radius 2 is 1.21 bits per heavy atom. The van der Waals surface area contributed by atoms with Crippen LogP contribution in [0.25, 0.3) is 49.7 Å². The van der Waals surface area contributed by atoms with Gasteiger partial charge in [-0.1, -0.05) is 91.0 Å². The normalized spacial score (nSPS) is 11.1. The lowest BCUT2D eigenvalue weighted by atomic mass is 9.95. The molecule has 6 aromatic rings. The van der Waals surface area contributed by atoms with Crippen molar-refractivity contribution in [3.63, 3.8) is 0 Å². The van der Waals surface area contributed by atoms with Crippen molar-refractivity contribution in [1.29, 1.82) is 5.26 Å². The van der Waals surface area contributed by atoms with Crippen molar-refractivity contribution in [1.82, 2.24) is 4.57 Å². The molecule has 0 amide bonds. The number of rotatable bonds is 3. The van der Waals surface area contributed by atoms with Gasteiger partial charge in [0.25, 0.3) is 0 Å². The topological polar surface area (TPSA) is 28.7 Å². The predicted molar refractivity (Wildman–Crippen MR) is 141 cm³/mol. The summed E-state index contributed by atoms with van der Waals surface area (Å²) in [7, 11) is 0. The zero-order chi connectivity index (χ0) is 23.1. The van der Waals surface area contributed by atoms with Gasteiger partial charge < -0.3 is 4.57 Å². The van der Waals surface area contributed by atoms with Crippen molar-refractivity contribution in [2.45, 2.75) is 6.92 Å². The van der Waals surface area contributed by atoms with Crippen LogP contribution in [0.2, 0.25) is 0 Å². The maximum atomic E-state index is 9.66. The van der Waals surface area contributed by atoms with Gasteiger partial charge in [-0.3, -0.25) is 0 Å². The van der Waals surface area contributed by atoms with E-state index in [0.29, 0.717) is 5.56 Å². The third-order valence-electron chi connectivity index (χ3n) is 6.59. The third kappa shape index (κ3) is 3.18. The molecule has 34 heavy (non-hydrogen) atoms. The summed E-state index contributed by atoms with van der Waals surface area (Å²) in [5.41, 5.74) is 9.62. The first-order valence-electron chi connectivity index (χ1n) is 11.4. The standard InChI is InChI=1S/C32H22N2/c1-22-15-16-25(19-26(22)21-33)27-18-17-24(23-9-3-2-4-10-23)20-32(27)34-30-13-7-5-11-28(30)29-12-6-8-14-31(29)34/h2-20H,1H3. The van der Waals surface area contributed by atoms with Gasteiger partial charge in [-0.25, -0.2) is 0 Å². The quantitative estimate of drug-likeness (QED) is 0.275. The van der Waals surface area contributed by atoms with Crippen LogP contribution in [-0.4, -0.2) is 4.57 Å². The van der Waals surface area contributed by atoms with E-state index in [9.17, 15) is 5.26 Å². The van der Waals surface area contributed by atoms with E-state index < -0.39 is 0 Å². The van der Waals surface area contributed by atoms with Crippen LogP contribution in [0.5, 0.6) is 0 Å². The molecule has 2 nitrogen and oxygen atoms in total. The molecule has 6 rings (SSSR count). The fourth-order valence-corrected chi connectivity index (χ4v) is 4.86. The second-order valence-electron chi connectivity index (χ2n) is 8.61. The second-order valence-corrected chi connectivity index (χ2v) is 8.61. The van der Waals surface area contributed by atoms with Crippen molar-refractivity contribution >= 4 is 21.8 Å². The minimum atomic E-state index is 0.706. The molecule has 1 aromatic heterocycles. The Bertz CT molecular complexity index is 1660. The van der Waals surface area contributed by atoms with Gasteiger partial charge in [-0.2, -0.15) is 5.26 Å². The van der Waals surface area contributed by atoms with E-state index in [1.165, 1.54) is 27.4 Å². The van der Waals surface area contributed by atoms with E-state index in [4.69, 9.17) is 0 Å². The Labute approximate surface area is 199 Å². The first-order chi connectivity index (χ1) is 16.7. The molecule has 160 valence electrons. The average molecular weight is 435 g/mol. The van der Waals surface area contributed by atoms with Crippen molar-refractivity contribution in [2.24, 2.45) is 0 Å². The lowest BCUT2D eigenvalue weighted by Gasteiger charge is -2.17. The number of fused-ring (bicyclic) bond motifs is 3. The fourth-order valence-electron chi connectivity index (χ4n) is 4.86. The van der Waals surface area contributed by atoms with Gasteiger partial charge in [0.15, 0.2) is 0 Å². The number of nitriles is 1.